The van der Waals surface area contributed by atoms with Gasteiger partial charge in [0.05, 0.1) is 19.6 Å². The lowest BCUT2D eigenvalue weighted by atomic mass is 10.2. The summed E-state index contributed by atoms with van der Waals surface area (Å²) in [5.74, 6) is 0. The Morgan fingerprint density at radius 3 is 2.50 bits per heavy atom. The molecule has 1 unspecified atom stereocenters. The van der Waals surface area contributed by atoms with Gasteiger partial charge in [0, 0.05) is 12.8 Å². The zero-order valence-electron chi connectivity index (χ0n) is 6.50. The fraction of sp³-hybridized carbons (Fsp3) is 0.857. The van der Waals surface area contributed by atoms with Crippen molar-refractivity contribution in [3.63, 3.8) is 0 Å². The fourth-order valence-electron chi connectivity index (χ4n) is 1.50. The van der Waals surface area contributed by atoms with Crippen LogP contribution in [0.5, 0.6) is 0 Å². The largest absolute Gasteiger partial charge is 0.513 e. The summed E-state index contributed by atoms with van der Waals surface area (Å²) >= 11 is 0. The first-order chi connectivity index (χ1) is 4.57. The molecule has 1 heterocycles. The smallest absolute Gasteiger partial charge is 0.435 e. The van der Waals surface area contributed by atoms with Gasteiger partial charge >= 0.3 is 6.09 Å². The molecule has 0 bridgehead atoms. The Morgan fingerprint density at radius 1 is 1.70 bits per heavy atom. The minimum Gasteiger partial charge on any atom is -0.435 e. The Bertz CT molecular complexity index is 158. The maximum Gasteiger partial charge on any atom is 0.513 e. The number of carboxylic acid groups (broad SMARTS) is 1. The Morgan fingerprint density at radius 2 is 2.30 bits per heavy atom. The number of hydrogen-bond acceptors (Lipinski definition) is 1. The average molecular weight is 144 g/mol. The lowest BCUT2D eigenvalue weighted by Gasteiger charge is -2.26. The first-order valence-corrected chi connectivity index (χ1v) is 3.66. The van der Waals surface area contributed by atoms with E-state index in [2.05, 4.69) is 0 Å². The third-order valence-corrected chi connectivity index (χ3v) is 2.65. The zero-order valence-corrected chi connectivity index (χ0v) is 6.50. The van der Waals surface area contributed by atoms with E-state index in [0.717, 1.165) is 19.4 Å². The van der Waals surface area contributed by atoms with Gasteiger partial charge in [-0.15, -0.1) is 0 Å². The van der Waals surface area contributed by atoms with Crippen LogP contribution in [-0.4, -0.2) is 35.3 Å². The SMILES string of the molecule is C[C@@H]1CCC[N+]1(C)C(=O)O. The van der Waals surface area contributed by atoms with Crippen LogP contribution in [0.3, 0.4) is 0 Å². The fourth-order valence-corrected chi connectivity index (χ4v) is 1.50. The van der Waals surface area contributed by atoms with E-state index >= 15 is 0 Å². The molecule has 2 atom stereocenters. The molecular weight excluding hydrogens is 130 g/mol. The molecule has 3 heteroatoms. The van der Waals surface area contributed by atoms with Gasteiger partial charge in [0.2, 0.25) is 0 Å². The predicted molar refractivity (Wildman–Crippen MR) is 37.8 cm³/mol. The van der Waals surface area contributed by atoms with Gasteiger partial charge in [0.1, 0.15) is 0 Å². The molecule has 1 amide bonds. The topological polar surface area (TPSA) is 37.3 Å². The van der Waals surface area contributed by atoms with Gasteiger partial charge in [-0.3, -0.25) is 0 Å². The van der Waals surface area contributed by atoms with Crippen LogP contribution in [0, 0.1) is 0 Å². The van der Waals surface area contributed by atoms with Crippen LogP contribution in [0.4, 0.5) is 4.79 Å². The molecule has 1 saturated heterocycles. The number of likely N-dealkylation sites (tertiary alicyclic amines) is 1. The quantitative estimate of drug-likeness (QED) is 0.520. The third-order valence-electron chi connectivity index (χ3n) is 2.65. The van der Waals surface area contributed by atoms with E-state index in [0.29, 0.717) is 0 Å². The van der Waals surface area contributed by atoms with Crippen molar-refractivity contribution in [2.24, 2.45) is 0 Å². The summed E-state index contributed by atoms with van der Waals surface area (Å²) in [6.07, 6.45) is 1.40. The van der Waals surface area contributed by atoms with Crippen LogP contribution in [0.1, 0.15) is 19.8 Å². The van der Waals surface area contributed by atoms with E-state index in [4.69, 9.17) is 5.11 Å². The number of carbonyl (C=O) groups is 1. The summed E-state index contributed by atoms with van der Waals surface area (Å²) in [6.45, 7) is 2.79. The normalized spacial score (nSPS) is 40.0. The highest BCUT2D eigenvalue weighted by molar-refractivity contribution is 5.56. The number of amides is 1. The molecule has 0 radical (unpaired) electrons. The second kappa shape index (κ2) is 2.23. The number of rotatable bonds is 0. The van der Waals surface area contributed by atoms with E-state index in [1.165, 1.54) is 0 Å². The summed E-state index contributed by atoms with van der Waals surface area (Å²) in [4.78, 5) is 10.7. The van der Waals surface area contributed by atoms with Gasteiger partial charge in [-0.2, -0.15) is 4.79 Å². The maximum absolute atomic E-state index is 10.7. The summed E-state index contributed by atoms with van der Waals surface area (Å²) < 4.78 is 0.208. The lowest BCUT2D eigenvalue weighted by Crippen LogP contribution is -2.50. The van der Waals surface area contributed by atoms with Crippen molar-refractivity contribution in [1.82, 2.24) is 0 Å². The number of hydrogen-bond donors (Lipinski definition) is 1. The first-order valence-electron chi connectivity index (χ1n) is 3.66. The molecule has 0 aromatic carbocycles. The molecular formula is C7H14NO2+. The van der Waals surface area contributed by atoms with Crippen LogP contribution < -0.4 is 0 Å². The molecule has 3 nitrogen and oxygen atoms in total. The van der Waals surface area contributed by atoms with E-state index in [1.807, 2.05) is 6.92 Å². The molecule has 58 valence electrons. The van der Waals surface area contributed by atoms with E-state index in [1.54, 1.807) is 7.05 Å². The van der Waals surface area contributed by atoms with Gasteiger partial charge in [-0.05, 0) is 6.92 Å². The summed E-state index contributed by atoms with van der Waals surface area (Å²) in [6, 6.07) is 0.289. The predicted octanol–water partition coefficient (Wildman–Crippen LogP) is 1.29. The second-order valence-electron chi connectivity index (χ2n) is 3.27. The van der Waals surface area contributed by atoms with Crippen molar-refractivity contribution < 1.29 is 14.4 Å². The Labute approximate surface area is 60.8 Å². The highest BCUT2D eigenvalue weighted by Gasteiger charge is 2.41. The van der Waals surface area contributed by atoms with Crippen LogP contribution in [0.2, 0.25) is 0 Å². The Kier molecular flexibility index (Phi) is 1.68. The van der Waals surface area contributed by atoms with Crippen LogP contribution >= 0.6 is 0 Å². The molecule has 0 spiro atoms. The van der Waals surface area contributed by atoms with Crippen LogP contribution in [0.25, 0.3) is 0 Å². The highest BCUT2D eigenvalue weighted by Crippen LogP contribution is 2.23. The standard InChI is InChI=1S/C7H13NO2/c1-6-4-3-5-8(6,2)7(9)10/h6H,3-5H2,1-2H3/p+1/t6-,8?/m1/s1. The summed E-state index contributed by atoms with van der Waals surface area (Å²) in [5.41, 5.74) is 0. The minimum absolute atomic E-state index is 0.208. The Balaban J connectivity index is 2.75. The molecule has 0 aromatic heterocycles. The van der Waals surface area contributed by atoms with Gasteiger partial charge < -0.3 is 5.11 Å². The van der Waals surface area contributed by atoms with Crippen molar-refractivity contribution in [2.75, 3.05) is 13.6 Å². The van der Waals surface area contributed by atoms with Crippen molar-refractivity contribution in [3.8, 4) is 0 Å². The number of quaternary nitrogens is 1. The van der Waals surface area contributed by atoms with E-state index in [9.17, 15) is 4.79 Å². The molecule has 10 heavy (non-hydrogen) atoms. The van der Waals surface area contributed by atoms with Gasteiger partial charge in [-0.1, -0.05) is 0 Å². The van der Waals surface area contributed by atoms with Crippen molar-refractivity contribution in [3.05, 3.63) is 0 Å². The number of nitrogens with zero attached hydrogens (tertiary/aromatic N) is 1. The Hall–Kier alpha value is -0.570. The second-order valence-corrected chi connectivity index (χ2v) is 3.27. The maximum atomic E-state index is 10.7. The highest BCUT2D eigenvalue weighted by atomic mass is 16.4. The molecule has 0 aromatic rings. The van der Waals surface area contributed by atoms with Crippen LogP contribution in [0.15, 0.2) is 0 Å². The molecule has 1 rings (SSSR count). The zero-order chi connectivity index (χ0) is 7.78. The van der Waals surface area contributed by atoms with Gasteiger partial charge in [-0.25, -0.2) is 4.48 Å². The van der Waals surface area contributed by atoms with Crippen molar-refractivity contribution >= 4 is 6.09 Å². The molecule has 1 fully saturated rings. The molecule has 0 saturated carbocycles. The summed E-state index contributed by atoms with van der Waals surface area (Å²) in [5, 5.41) is 8.82. The van der Waals surface area contributed by atoms with Gasteiger partial charge in [0.15, 0.2) is 0 Å². The molecule has 1 N–H and O–H groups in total. The van der Waals surface area contributed by atoms with E-state index < -0.39 is 6.09 Å². The van der Waals surface area contributed by atoms with E-state index in [-0.39, 0.29) is 10.5 Å². The van der Waals surface area contributed by atoms with Crippen LogP contribution in [-0.2, 0) is 0 Å². The van der Waals surface area contributed by atoms with Crippen molar-refractivity contribution in [1.29, 1.82) is 0 Å². The van der Waals surface area contributed by atoms with Gasteiger partial charge in [0.25, 0.3) is 0 Å². The monoisotopic (exact) mass is 144 g/mol. The molecule has 1 aliphatic rings. The average Bonchev–Trinajstić information content (AvgIpc) is 2.15. The third kappa shape index (κ3) is 0.904. The first kappa shape index (κ1) is 7.54. The lowest BCUT2D eigenvalue weighted by molar-refractivity contribution is -0.847. The summed E-state index contributed by atoms with van der Waals surface area (Å²) in [7, 11) is 1.79. The minimum atomic E-state index is -0.690. The molecule has 1 aliphatic heterocycles. The van der Waals surface area contributed by atoms with Crippen molar-refractivity contribution in [2.45, 2.75) is 25.8 Å². The molecule has 0 aliphatic carbocycles.